The molecule has 0 atom stereocenters. The SMILES string of the molecule is CCc1ccc(-c2[nH]c3ccc(C)cc3c2C=O)s1. The number of fused-ring (bicyclic) bond motifs is 1. The standard InChI is InChI=1S/C16H15NOS/c1-3-11-5-7-15(19-11)16-13(9-18)12-8-10(2)4-6-14(12)17-16/h4-9,17H,3H2,1-2H3. The van der Waals surface area contributed by atoms with Crippen molar-refractivity contribution < 1.29 is 4.79 Å². The van der Waals surface area contributed by atoms with Gasteiger partial charge in [-0.2, -0.15) is 0 Å². The molecule has 0 saturated carbocycles. The first-order valence-corrected chi connectivity index (χ1v) is 7.21. The highest BCUT2D eigenvalue weighted by atomic mass is 32.1. The zero-order chi connectivity index (χ0) is 13.4. The Bertz CT molecular complexity index is 751. The molecular weight excluding hydrogens is 254 g/mol. The number of rotatable bonds is 3. The smallest absolute Gasteiger partial charge is 0.152 e. The molecule has 0 aliphatic rings. The van der Waals surface area contributed by atoms with E-state index in [4.69, 9.17) is 0 Å². The lowest BCUT2D eigenvalue weighted by Crippen LogP contribution is -1.81. The Balaban J connectivity index is 2.25. The van der Waals surface area contributed by atoms with Crippen LogP contribution in [-0.2, 0) is 6.42 Å². The zero-order valence-electron chi connectivity index (χ0n) is 11.0. The van der Waals surface area contributed by atoms with Crippen molar-refractivity contribution in [3.05, 3.63) is 46.3 Å². The molecule has 0 fully saturated rings. The third-order valence-electron chi connectivity index (χ3n) is 3.37. The molecule has 0 unspecified atom stereocenters. The Morgan fingerprint density at radius 3 is 2.79 bits per heavy atom. The largest absolute Gasteiger partial charge is 0.353 e. The minimum atomic E-state index is 0.767. The summed E-state index contributed by atoms with van der Waals surface area (Å²) >= 11 is 1.74. The van der Waals surface area contributed by atoms with Gasteiger partial charge in [-0.3, -0.25) is 4.79 Å². The lowest BCUT2D eigenvalue weighted by molar-refractivity contribution is 0.112. The van der Waals surface area contributed by atoms with Gasteiger partial charge in [-0.05, 0) is 37.6 Å². The average Bonchev–Trinajstić information content (AvgIpc) is 3.01. The normalized spacial score (nSPS) is 11.1. The molecule has 0 radical (unpaired) electrons. The topological polar surface area (TPSA) is 32.9 Å². The maximum atomic E-state index is 11.4. The van der Waals surface area contributed by atoms with Gasteiger partial charge in [0.2, 0.25) is 0 Å². The van der Waals surface area contributed by atoms with Gasteiger partial charge >= 0.3 is 0 Å². The quantitative estimate of drug-likeness (QED) is 0.694. The van der Waals surface area contributed by atoms with Gasteiger partial charge in [0, 0.05) is 21.3 Å². The van der Waals surface area contributed by atoms with Crippen molar-refractivity contribution in [3.63, 3.8) is 0 Å². The molecule has 1 aromatic carbocycles. The van der Waals surface area contributed by atoms with Gasteiger partial charge in [-0.25, -0.2) is 0 Å². The van der Waals surface area contributed by atoms with E-state index < -0.39 is 0 Å². The molecule has 3 aromatic rings. The molecule has 3 heteroatoms. The summed E-state index contributed by atoms with van der Waals surface area (Å²) in [6.07, 6.45) is 1.99. The predicted octanol–water partition coefficient (Wildman–Crippen LogP) is 4.58. The molecule has 2 aromatic heterocycles. The summed E-state index contributed by atoms with van der Waals surface area (Å²) in [6, 6.07) is 10.4. The monoisotopic (exact) mass is 269 g/mol. The summed E-state index contributed by atoms with van der Waals surface area (Å²) in [7, 11) is 0. The van der Waals surface area contributed by atoms with Crippen molar-refractivity contribution in [2.75, 3.05) is 0 Å². The van der Waals surface area contributed by atoms with Crippen molar-refractivity contribution in [1.82, 2.24) is 4.98 Å². The molecule has 2 heterocycles. The van der Waals surface area contributed by atoms with Gasteiger partial charge < -0.3 is 4.98 Å². The van der Waals surface area contributed by atoms with Gasteiger partial charge in [-0.1, -0.05) is 18.6 Å². The molecule has 19 heavy (non-hydrogen) atoms. The third kappa shape index (κ3) is 2.00. The minimum Gasteiger partial charge on any atom is -0.353 e. The molecule has 1 N–H and O–H groups in total. The fourth-order valence-electron chi connectivity index (χ4n) is 2.35. The number of carbonyl (C=O) groups excluding carboxylic acids is 1. The number of hydrogen-bond acceptors (Lipinski definition) is 2. The van der Waals surface area contributed by atoms with Gasteiger partial charge in [-0.15, -0.1) is 11.3 Å². The van der Waals surface area contributed by atoms with E-state index in [9.17, 15) is 4.79 Å². The molecule has 0 spiro atoms. The fourth-order valence-corrected chi connectivity index (χ4v) is 3.31. The Labute approximate surface area is 116 Å². The number of aromatic nitrogens is 1. The van der Waals surface area contributed by atoms with Gasteiger partial charge in [0.1, 0.15) is 0 Å². The van der Waals surface area contributed by atoms with Gasteiger partial charge in [0.05, 0.1) is 10.6 Å². The van der Waals surface area contributed by atoms with E-state index in [1.165, 1.54) is 10.4 Å². The molecule has 3 rings (SSSR count). The molecule has 2 nitrogen and oxygen atoms in total. The van der Waals surface area contributed by atoms with Crippen LogP contribution >= 0.6 is 11.3 Å². The summed E-state index contributed by atoms with van der Waals surface area (Å²) < 4.78 is 0. The number of aldehydes is 1. The number of hydrogen-bond donors (Lipinski definition) is 1. The number of thiophene rings is 1. The van der Waals surface area contributed by atoms with Crippen LogP contribution in [0.1, 0.15) is 27.7 Å². The Morgan fingerprint density at radius 2 is 2.11 bits per heavy atom. The van der Waals surface area contributed by atoms with Crippen LogP contribution in [0.15, 0.2) is 30.3 Å². The first-order valence-electron chi connectivity index (χ1n) is 6.39. The number of aryl methyl sites for hydroxylation is 2. The average molecular weight is 269 g/mol. The first-order chi connectivity index (χ1) is 9.22. The lowest BCUT2D eigenvalue weighted by Gasteiger charge is -1.95. The Hall–Kier alpha value is -1.87. The third-order valence-corrected chi connectivity index (χ3v) is 4.62. The molecule has 0 saturated heterocycles. The summed E-state index contributed by atoms with van der Waals surface area (Å²) in [6.45, 7) is 4.19. The highest BCUT2D eigenvalue weighted by Gasteiger charge is 2.14. The first kappa shape index (κ1) is 12.2. The van der Waals surface area contributed by atoms with E-state index in [1.807, 2.05) is 13.0 Å². The molecule has 96 valence electrons. The van der Waals surface area contributed by atoms with Crippen LogP contribution in [0, 0.1) is 6.92 Å². The summed E-state index contributed by atoms with van der Waals surface area (Å²) in [5.74, 6) is 0. The number of benzene rings is 1. The van der Waals surface area contributed by atoms with E-state index in [1.54, 1.807) is 11.3 Å². The number of H-pyrrole nitrogens is 1. The van der Waals surface area contributed by atoms with E-state index in [0.29, 0.717) is 0 Å². The summed E-state index contributed by atoms with van der Waals surface area (Å²) in [5, 5.41) is 1.01. The van der Waals surface area contributed by atoms with Crippen molar-refractivity contribution in [3.8, 4) is 10.6 Å². The van der Waals surface area contributed by atoms with Crippen molar-refractivity contribution >= 4 is 28.5 Å². The second-order valence-electron chi connectivity index (χ2n) is 4.70. The molecule has 0 aliphatic heterocycles. The Kier molecular flexibility index (Phi) is 2.99. The van der Waals surface area contributed by atoms with Gasteiger partial charge in [0.15, 0.2) is 6.29 Å². The zero-order valence-corrected chi connectivity index (χ0v) is 11.8. The highest BCUT2D eigenvalue weighted by Crippen LogP contribution is 2.34. The Morgan fingerprint density at radius 1 is 1.26 bits per heavy atom. The predicted molar refractivity (Wildman–Crippen MR) is 81.1 cm³/mol. The summed E-state index contributed by atoms with van der Waals surface area (Å²) in [5.41, 5.74) is 3.90. The fraction of sp³-hybridized carbons (Fsp3) is 0.188. The lowest BCUT2D eigenvalue weighted by atomic mass is 10.1. The van der Waals surface area contributed by atoms with Crippen molar-refractivity contribution in [1.29, 1.82) is 0 Å². The maximum Gasteiger partial charge on any atom is 0.152 e. The maximum absolute atomic E-state index is 11.4. The van der Waals surface area contributed by atoms with Crippen LogP contribution in [-0.4, -0.2) is 11.3 Å². The van der Waals surface area contributed by atoms with E-state index >= 15 is 0 Å². The van der Waals surface area contributed by atoms with Crippen LogP contribution in [0.2, 0.25) is 0 Å². The van der Waals surface area contributed by atoms with E-state index in [-0.39, 0.29) is 0 Å². The van der Waals surface area contributed by atoms with Crippen molar-refractivity contribution in [2.45, 2.75) is 20.3 Å². The van der Waals surface area contributed by atoms with Crippen LogP contribution in [0.3, 0.4) is 0 Å². The molecule has 0 aliphatic carbocycles. The second kappa shape index (κ2) is 4.67. The van der Waals surface area contributed by atoms with Crippen LogP contribution in [0.25, 0.3) is 21.5 Å². The number of aromatic amines is 1. The van der Waals surface area contributed by atoms with Crippen LogP contribution < -0.4 is 0 Å². The second-order valence-corrected chi connectivity index (χ2v) is 5.87. The molecule has 0 bridgehead atoms. The minimum absolute atomic E-state index is 0.767. The molecule has 0 amide bonds. The van der Waals surface area contributed by atoms with E-state index in [0.717, 1.165) is 39.7 Å². The van der Waals surface area contributed by atoms with Crippen LogP contribution in [0.4, 0.5) is 0 Å². The number of carbonyl (C=O) groups is 1. The van der Waals surface area contributed by atoms with E-state index in [2.05, 4.69) is 36.2 Å². The van der Waals surface area contributed by atoms with Crippen LogP contribution in [0.5, 0.6) is 0 Å². The van der Waals surface area contributed by atoms with Gasteiger partial charge in [0.25, 0.3) is 0 Å². The number of nitrogens with one attached hydrogen (secondary N) is 1. The summed E-state index contributed by atoms with van der Waals surface area (Å²) in [4.78, 5) is 17.3. The molecular formula is C16H15NOS. The highest BCUT2D eigenvalue weighted by molar-refractivity contribution is 7.15. The van der Waals surface area contributed by atoms with Crippen molar-refractivity contribution in [2.24, 2.45) is 0 Å².